The normalized spacial score (nSPS) is 11.4. The molecule has 5 aromatic rings. The molecule has 0 bridgehead atoms. The molecule has 0 unspecified atom stereocenters. The highest BCUT2D eigenvalue weighted by atomic mass is 15.3. The number of aromatic nitrogens is 3. The maximum atomic E-state index is 5.86. The lowest BCUT2D eigenvalue weighted by atomic mass is 9.77. The Morgan fingerprint density at radius 3 is 1.62 bits per heavy atom. The first-order chi connectivity index (χ1) is 15.7. The van der Waals surface area contributed by atoms with Crippen molar-refractivity contribution in [1.82, 2.24) is 14.8 Å². The third kappa shape index (κ3) is 3.26. The zero-order chi connectivity index (χ0) is 22.0. The van der Waals surface area contributed by atoms with Crippen LogP contribution in [0.1, 0.15) is 22.4 Å². The van der Waals surface area contributed by atoms with E-state index in [0.717, 1.165) is 33.6 Å². The van der Waals surface area contributed by atoms with E-state index in [1.54, 1.807) is 6.20 Å². The summed E-state index contributed by atoms with van der Waals surface area (Å²) in [6, 6.07) is 35.4. The van der Waals surface area contributed by atoms with Gasteiger partial charge in [0.1, 0.15) is 5.54 Å². The molecule has 4 heteroatoms. The molecule has 0 atom stereocenters. The maximum Gasteiger partial charge on any atom is 0.138 e. The van der Waals surface area contributed by atoms with Crippen LogP contribution in [0, 0.1) is 6.92 Å². The Morgan fingerprint density at radius 2 is 1.19 bits per heavy atom. The third-order valence-corrected chi connectivity index (χ3v) is 5.88. The summed E-state index contributed by atoms with van der Waals surface area (Å²) >= 11 is 0. The van der Waals surface area contributed by atoms with Gasteiger partial charge in [0.25, 0.3) is 0 Å². The number of benzene rings is 3. The number of hydrogen-bond acceptors (Lipinski definition) is 3. The van der Waals surface area contributed by atoms with E-state index in [-0.39, 0.29) is 0 Å². The fourth-order valence-electron chi connectivity index (χ4n) is 4.38. The first-order valence-corrected chi connectivity index (χ1v) is 10.6. The Hall–Kier alpha value is -4.18. The molecule has 156 valence electrons. The van der Waals surface area contributed by atoms with Crippen LogP contribution in [-0.4, -0.2) is 14.8 Å². The van der Waals surface area contributed by atoms with Crippen LogP contribution in [0.3, 0.4) is 0 Å². The molecule has 0 fully saturated rings. The fraction of sp³-hybridized carbons (Fsp3) is 0.0714. The van der Waals surface area contributed by atoms with Gasteiger partial charge >= 0.3 is 0 Å². The van der Waals surface area contributed by atoms with Gasteiger partial charge in [0.2, 0.25) is 0 Å². The van der Waals surface area contributed by atoms with E-state index in [0.29, 0.717) is 5.69 Å². The Kier molecular flexibility index (Phi) is 5.04. The summed E-state index contributed by atoms with van der Waals surface area (Å²) in [6.45, 7) is 2.02. The van der Waals surface area contributed by atoms with Crippen LogP contribution in [0.5, 0.6) is 0 Å². The molecule has 0 amide bonds. The predicted molar refractivity (Wildman–Crippen MR) is 129 cm³/mol. The van der Waals surface area contributed by atoms with Crippen molar-refractivity contribution in [1.29, 1.82) is 0 Å². The second-order valence-electron chi connectivity index (χ2n) is 7.86. The van der Waals surface area contributed by atoms with E-state index in [9.17, 15) is 0 Å². The fourth-order valence-corrected chi connectivity index (χ4v) is 4.38. The van der Waals surface area contributed by atoms with E-state index in [4.69, 9.17) is 10.8 Å². The van der Waals surface area contributed by atoms with Gasteiger partial charge in [-0.05, 0) is 35.7 Å². The summed E-state index contributed by atoms with van der Waals surface area (Å²) in [5.41, 5.74) is 12.0. The molecule has 2 N–H and O–H groups in total. The second-order valence-corrected chi connectivity index (χ2v) is 7.86. The van der Waals surface area contributed by atoms with Gasteiger partial charge in [0.05, 0.1) is 23.3 Å². The van der Waals surface area contributed by atoms with Crippen molar-refractivity contribution in [2.45, 2.75) is 12.5 Å². The van der Waals surface area contributed by atoms with Crippen molar-refractivity contribution in [2.24, 2.45) is 0 Å². The van der Waals surface area contributed by atoms with Crippen molar-refractivity contribution in [3.05, 3.63) is 138 Å². The molecule has 0 aliphatic rings. The van der Waals surface area contributed by atoms with Gasteiger partial charge in [-0.1, -0.05) is 91.0 Å². The minimum Gasteiger partial charge on any atom is -0.397 e. The number of nitrogen functional groups attached to an aromatic ring is 1. The molecule has 4 nitrogen and oxygen atoms in total. The molecule has 0 saturated carbocycles. The summed E-state index contributed by atoms with van der Waals surface area (Å²) in [7, 11) is 0. The Labute approximate surface area is 188 Å². The van der Waals surface area contributed by atoms with E-state index in [1.165, 1.54) is 0 Å². The standard InChI is InChI=1S/C28H24N4/c1-21-26(27-18-17-25(29)19-30-27)20-32(31-21)28(22-11-5-2-6-12-22,23-13-7-3-8-14-23)24-15-9-4-10-16-24/h2-20H,29H2,1H3. The van der Waals surface area contributed by atoms with Gasteiger partial charge in [-0.25, -0.2) is 0 Å². The molecule has 0 aliphatic heterocycles. The lowest BCUT2D eigenvalue weighted by Crippen LogP contribution is -2.38. The van der Waals surface area contributed by atoms with Gasteiger partial charge in [-0.2, -0.15) is 5.10 Å². The number of aryl methyl sites for hydroxylation is 1. The smallest absolute Gasteiger partial charge is 0.138 e. The van der Waals surface area contributed by atoms with Crippen LogP contribution < -0.4 is 5.73 Å². The van der Waals surface area contributed by atoms with Crippen molar-refractivity contribution in [3.8, 4) is 11.3 Å². The molecule has 0 saturated heterocycles. The zero-order valence-electron chi connectivity index (χ0n) is 17.9. The van der Waals surface area contributed by atoms with Crippen LogP contribution in [0.15, 0.2) is 116 Å². The second kappa shape index (κ2) is 8.16. The minimum atomic E-state index is -0.638. The van der Waals surface area contributed by atoms with Crippen molar-refractivity contribution >= 4 is 5.69 Å². The lowest BCUT2D eigenvalue weighted by molar-refractivity contribution is 0.458. The van der Waals surface area contributed by atoms with Gasteiger partial charge in [-0.15, -0.1) is 0 Å². The number of nitrogens with zero attached hydrogens (tertiary/aromatic N) is 3. The molecule has 0 radical (unpaired) electrons. The molecular formula is C28H24N4. The molecule has 0 aliphatic carbocycles. The number of hydrogen-bond donors (Lipinski definition) is 1. The number of nitrogens with two attached hydrogens (primary N) is 1. The summed E-state index contributed by atoms with van der Waals surface area (Å²) < 4.78 is 2.08. The van der Waals surface area contributed by atoms with Gasteiger partial charge in [0, 0.05) is 11.8 Å². The Bertz CT molecular complexity index is 1210. The van der Waals surface area contributed by atoms with Gasteiger partial charge in [0.15, 0.2) is 0 Å². The van der Waals surface area contributed by atoms with E-state index >= 15 is 0 Å². The summed E-state index contributed by atoms with van der Waals surface area (Å²) in [4.78, 5) is 4.54. The lowest BCUT2D eigenvalue weighted by Gasteiger charge is -2.36. The highest BCUT2D eigenvalue weighted by molar-refractivity contribution is 5.63. The first kappa shape index (κ1) is 19.8. The van der Waals surface area contributed by atoms with Gasteiger partial charge < -0.3 is 5.73 Å². The maximum absolute atomic E-state index is 5.86. The molecule has 0 spiro atoms. The molecule has 2 heterocycles. The van der Waals surface area contributed by atoms with Crippen molar-refractivity contribution in [2.75, 3.05) is 5.73 Å². The monoisotopic (exact) mass is 416 g/mol. The van der Waals surface area contributed by atoms with Crippen molar-refractivity contribution in [3.63, 3.8) is 0 Å². The zero-order valence-corrected chi connectivity index (χ0v) is 17.9. The average Bonchev–Trinajstić information content (AvgIpc) is 3.24. The molecule has 32 heavy (non-hydrogen) atoms. The van der Waals surface area contributed by atoms with Crippen LogP contribution in [0.2, 0.25) is 0 Å². The van der Waals surface area contributed by atoms with Crippen LogP contribution in [0.25, 0.3) is 11.3 Å². The Morgan fingerprint density at radius 1 is 0.688 bits per heavy atom. The molecule has 5 rings (SSSR count). The average molecular weight is 417 g/mol. The third-order valence-electron chi connectivity index (χ3n) is 5.88. The van der Waals surface area contributed by atoms with Gasteiger partial charge in [-0.3, -0.25) is 9.67 Å². The predicted octanol–water partition coefficient (Wildman–Crippen LogP) is 5.68. The number of pyridine rings is 1. The number of rotatable bonds is 5. The first-order valence-electron chi connectivity index (χ1n) is 10.6. The van der Waals surface area contributed by atoms with Crippen LogP contribution in [0.4, 0.5) is 5.69 Å². The van der Waals surface area contributed by atoms with Crippen LogP contribution in [-0.2, 0) is 5.54 Å². The number of anilines is 1. The minimum absolute atomic E-state index is 0.638. The highest BCUT2D eigenvalue weighted by Crippen LogP contribution is 2.41. The topological polar surface area (TPSA) is 56.7 Å². The Balaban J connectivity index is 1.84. The summed E-state index contributed by atoms with van der Waals surface area (Å²) in [6.07, 6.45) is 3.78. The molecular weight excluding hydrogens is 392 g/mol. The molecule has 2 aromatic heterocycles. The SMILES string of the molecule is Cc1nn(C(c2ccccc2)(c2ccccc2)c2ccccc2)cc1-c1ccc(N)cn1. The van der Waals surface area contributed by atoms with Crippen LogP contribution >= 0.6 is 0 Å². The highest BCUT2D eigenvalue weighted by Gasteiger charge is 2.39. The largest absolute Gasteiger partial charge is 0.397 e. The molecule has 3 aromatic carbocycles. The van der Waals surface area contributed by atoms with E-state index in [2.05, 4.69) is 88.7 Å². The summed E-state index contributed by atoms with van der Waals surface area (Å²) in [5, 5.41) is 5.06. The van der Waals surface area contributed by atoms with E-state index in [1.807, 2.05) is 37.3 Å². The van der Waals surface area contributed by atoms with Crippen molar-refractivity contribution < 1.29 is 0 Å². The quantitative estimate of drug-likeness (QED) is 0.375. The van der Waals surface area contributed by atoms with E-state index < -0.39 is 5.54 Å². The summed E-state index contributed by atoms with van der Waals surface area (Å²) in [5.74, 6) is 0.